The Morgan fingerprint density at radius 3 is 2.79 bits per heavy atom. The van der Waals surface area contributed by atoms with Crippen LogP contribution in [-0.2, 0) is 4.79 Å². The maximum Gasteiger partial charge on any atom is 0.232 e. The number of thioether (sulfide) groups is 1. The van der Waals surface area contributed by atoms with Crippen LogP contribution in [-0.4, -0.2) is 63.1 Å². The maximum atomic E-state index is 12.6. The van der Waals surface area contributed by atoms with Gasteiger partial charge in [-0.05, 0) is 41.1 Å². The second kappa shape index (κ2) is 8.52. The predicted molar refractivity (Wildman–Crippen MR) is 109 cm³/mol. The van der Waals surface area contributed by atoms with Crippen molar-refractivity contribution in [2.75, 3.05) is 26.0 Å². The molecular formula is C20H21N5O3S. The minimum absolute atomic E-state index is 0.0307. The summed E-state index contributed by atoms with van der Waals surface area (Å²) in [7, 11) is 1.76. The van der Waals surface area contributed by atoms with Crippen LogP contribution < -0.4 is 9.47 Å². The van der Waals surface area contributed by atoms with E-state index in [0.717, 1.165) is 17.0 Å². The lowest BCUT2D eigenvalue weighted by Crippen LogP contribution is -2.42. The highest BCUT2D eigenvalue weighted by Crippen LogP contribution is 2.31. The number of likely N-dealkylation sites (N-methyl/N-ethyl adjacent to an activating group) is 1. The topological polar surface area (TPSA) is 82.4 Å². The van der Waals surface area contributed by atoms with Crippen LogP contribution in [0.5, 0.6) is 11.5 Å². The van der Waals surface area contributed by atoms with Crippen LogP contribution in [0.25, 0.3) is 5.69 Å². The van der Waals surface area contributed by atoms with E-state index in [1.54, 1.807) is 16.6 Å². The van der Waals surface area contributed by atoms with Crippen molar-refractivity contribution in [1.82, 2.24) is 25.1 Å². The number of aromatic nitrogens is 4. The average Bonchev–Trinajstić information content (AvgIpc) is 3.20. The fraction of sp³-hybridized carbons (Fsp3) is 0.300. The van der Waals surface area contributed by atoms with Crippen LogP contribution in [0.2, 0.25) is 0 Å². The Morgan fingerprint density at radius 1 is 1.21 bits per heavy atom. The van der Waals surface area contributed by atoms with E-state index < -0.39 is 0 Å². The number of rotatable bonds is 6. The lowest BCUT2D eigenvalue weighted by molar-refractivity contribution is -0.128. The number of para-hydroxylation sites is 3. The van der Waals surface area contributed by atoms with E-state index in [1.165, 1.54) is 11.8 Å². The number of tetrazole rings is 1. The summed E-state index contributed by atoms with van der Waals surface area (Å²) in [6, 6.07) is 15.4. The fourth-order valence-corrected chi connectivity index (χ4v) is 3.84. The molecule has 3 aromatic rings. The minimum atomic E-state index is -0.207. The van der Waals surface area contributed by atoms with Gasteiger partial charge in [-0.3, -0.25) is 4.79 Å². The lowest BCUT2D eigenvalue weighted by Gasteiger charge is -2.29. The highest BCUT2D eigenvalue weighted by molar-refractivity contribution is 7.99. The molecule has 29 heavy (non-hydrogen) atoms. The first kappa shape index (κ1) is 19.3. The quantitative estimate of drug-likeness (QED) is 0.576. The normalized spacial score (nSPS) is 15.2. The van der Waals surface area contributed by atoms with Crippen LogP contribution in [0.15, 0.2) is 53.7 Å². The largest absolute Gasteiger partial charge is 0.486 e. The first-order valence-electron chi connectivity index (χ1n) is 9.21. The molecule has 0 saturated heterocycles. The molecule has 4 rings (SSSR count). The third-order valence-corrected chi connectivity index (χ3v) is 5.48. The summed E-state index contributed by atoms with van der Waals surface area (Å²) in [5, 5.41) is 12.4. The molecule has 1 atom stereocenters. The molecule has 2 aromatic carbocycles. The Hall–Kier alpha value is -3.07. The molecule has 1 aliphatic heterocycles. The molecule has 1 aromatic heterocycles. The number of nitrogens with zero attached hydrogens (tertiary/aromatic N) is 5. The van der Waals surface area contributed by atoms with Gasteiger partial charge in [0.15, 0.2) is 17.6 Å². The van der Waals surface area contributed by atoms with Gasteiger partial charge in [-0.1, -0.05) is 42.1 Å². The van der Waals surface area contributed by atoms with Crippen molar-refractivity contribution in [2.24, 2.45) is 0 Å². The van der Waals surface area contributed by atoms with Gasteiger partial charge in [-0.15, -0.1) is 5.10 Å². The van der Waals surface area contributed by atoms with Crippen molar-refractivity contribution in [3.63, 3.8) is 0 Å². The Kier molecular flexibility index (Phi) is 5.66. The average molecular weight is 411 g/mol. The number of carbonyl (C=O) groups is 1. The van der Waals surface area contributed by atoms with Gasteiger partial charge in [0.2, 0.25) is 11.1 Å². The summed E-state index contributed by atoms with van der Waals surface area (Å²) in [6.07, 6.45) is -0.207. The number of ether oxygens (including phenoxy) is 2. The molecule has 0 fully saturated rings. The van der Waals surface area contributed by atoms with E-state index in [9.17, 15) is 4.79 Å². The molecule has 0 unspecified atom stereocenters. The molecule has 0 N–H and O–H groups in total. The summed E-state index contributed by atoms with van der Waals surface area (Å²) >= 11 is 1.31. The minimum Gasteiger partial charge on any atom is -0.486 e. The van der Waals surface area contributed by atoms with E-state index in [4.69, 9.17) is 9.47 Å². The molecule has 2 heterocycles. The molecule has 9 heteroatoms. The monoisotopic (exact) mass is 411 g/mol. The van der Waals surface area contributed by atoms with Crippen molar-refractivity contribution >= 4 is 17.7 Å². The zero-order chi connectivity index (χ0) is 20.2. The summed E-state index contributed by atoms with van der Waals surface area (Å²) in [5.41, 5.74) is 1.95. The second-order valence-electron chi connectivity index (χ2n) is 6.72. The van der Waals surface area contributed by atoms with Crippen molar-refractivity contribution in [2.45, 2.75) is 18.2 Å². The third kappa shape index (κ3) is 4.34. The summed E-state index contributed by atoms with van der Waals surface area (Å²) < 4.78 is 13.3. The van der Waals surface area contributed by atoms with E-state index in [1.807, 2.05) is 55.5 Å². The standard InChI is InChI=1S/C20H21N5O3S/c1-14-7-3-4-8-16(14)25-20(21-22-23-25)29-13-19(26)24(2)11-15-12-27-17-9-5-6-10-18(17)28-15/h3-10,15H,11-13H2,1-2H3/t15-/m0/s1. The second-order valence-corrected chi connectivity index (χ2v) is 7.66. The zero-order valence-corrected chi connectivity index (χ0v) is 17.0. The highest BCUT2D eigenvalue weighted by atomic mass is 32.2. The third-order valence-electron chi connectivity index (χ3n) is 4.58. The van der Waals surface area contributed by atoms with Crippen LogP contribution >= 0.6 is 11.8 Å². The van der Waals surface area contributed by atoms with Crippen molar-refractivity contribution < 1.29 is 14.3 Å². The number of carbonyl (C=O) groups excluding carboxylic acids is 1. The van der Waals surface area contributed by atoms with Crippen LogP contribution in [0.1, 0.15) is 5.56 Å². The number of amides is 1. The molecule has 8 nitrogen and oxygen atoms in total. The van der Waals surface area contributed by atoms with Gasteiger partial charge in [0, 0.05) is 7.05 Å². The first-order chi connectivity index (χ1) is 14.1. The van der Waals surface area contributed by atoms with E-state index >= 15 is 0 Å². The Morgan fingerprint density at radius 2 is 1.97 bits per heavy atom. The molecule has 0 aliphatic carbocycles. The Labute approximate surface area is 172 Å². The van der Waals surface area contributed by atoms with Gasteiger partial charge in [0.05, 0.1) is 18.0 Å². The highest BCUT2D eigenvalue weighted by Gasteiger charge is 2.24. The number of hydrogen-bond acceptors (Lipinski definition) is 7. The molecule has 0 bridgehead atoms. The van der Waals surface area contributed by atoms with Crippen LogP contribution in [0.4, 0.5) is 0 Å². The van der Waals surface area contributed by atoms with Gasteiger partial charge in [0.1, 0.15) is 6.61 Å². The Bertz CT molecular complexity index is 1010. The van der Waals surface area contributed by atoms with Crippen molar-refractivity contribution in [3.8, 4) is 17.2 Å². The summed E-state index contributed by atoms with van der Waals surface area (Å²) in [6.45, 7) is 2.85. The zero-order valence-electron chi connectivity index (χ0n) is 16.2. The van der Waals surface area contributed by atoms with Gasteiger partial charge >= 0.3 is 0 Å². The summed E-state index contributed by atoms with van der Waals surface area (Å²) in [5.74, 6) is 1.64. The number of fused-ring (bicyclic) bond motifs is 1. The Balaban J connectivity index is 1.34. The number of aryl methyl sites for hydroxylation is 1. The number of benzene rings is 2. The van der Waals surface area contributed by atoms with Crippen molar-refractivity contribution in [3.05, 3.63) is 54.1 Å². The van der Waals surface area contributed by atoms with Gasteiger partial charge in [-0.2, -0.15) is 4.68 Å². The predicted octanol–water partition coefficient (Wildman–Crippen LogP) is 2.36. The molecule has 150 valence electrons. The first-order valence-corrected chi connectivity index (χ1v) is 10.2. The molecule has 1 amide bonds. The molecule has 1 aliphatic rings. The smallest absolute Gasteiger partial charge is 0.232 e. The molecular weight excluding hydrogens is 390 g/mol. The molecule has 0 spiro atoms. The molecule has 0 saturated carbocycles. The van der Waals surface area contributed by atoms with Gasteiger partial charge in [-0.25, -0.2) is 0 Å². The summed E-state index contributed by atoms with van der Waals surface area (Å²) in [4.78, 5) is 14.3. The van der Waals surface area contributed by atoms with Gasteiger partial charge < -0.3 is 14.4 Å². The number of hydrogen-bond donors (Lipinski definition) is 0. The van der Waals surface area contributed by atoms with E-state index in [0.29, 0.717) is 24.1 Å². The van der Waals surface area contributed by atoms with Crippen LogP contribution in [0, 0.1) is 6.92 Å². The van der Waals surface area contributed by atoms with Crippen LogP contribution in [0.3, 0.4) is 0 Å². The van der Waals surface area contributed by atoms with E-state index in [-0.39, 0.29) is 17.8 Å². The van der Waals surface area contributed by atoms with Gasteiger partial charge in [0.25, 0.3) is 0 Å². The fourth-order valence-electron chi connectivity index (χ4n) is 3.02. The molecule has 0 radical (unpaired) electrons. The van der Waals surface area contributed by atoms with E-state index in [2.05, 4.69) is 15.5 Å². The maximum absolute atomic E-state index is 12.6. The van der Waals surface area contributed by atoms with Crippen molar-refractivity contribution in [1.29, 1.82) is 0 Å². The lowest BCUT2D eigenvalue weighted by atomic mass is 10.2. The SMILES string of the molecule is Cc1ccccc1-n1nnnc1SCC(=O)N(C)C[C@H]1COc2ccccc2O1.